The molecule has 8 heavy (non-hydrogen) atoms. The summed E-state index contributed by atoms with van der Waals surface area (Å²) in [5.74, 6) is 0. The summed E-state index contributed by atoms with van der Waals surface area (Å²) in [4.78, 5) is 0. The van der Waals surface area contributed by atoms with Gasteiger partial charge in [0, 0.05) is 58.7 Å². The third-order valence-corrected chi connectivity index (χ3v) is 1.03. The number of β-amino-alcohol motifs (C(OH)–C–C–N with tert-alkyl or cyclic N) is 1. The summed E-state index contributed by atoms with van der Waals surface area (Å²) in [7, 11) is 0. The molecule has 0 bridgehead atoms. The molecule has 0 aliphatic carbocycles. The summed E-state index contributed by atoms with van der Waals surface area (Å²) in [5, 5.41) is 11.7. The van der Waals surface area contributed by atoms with Crippen molar-refractivity contribution in [2.24, 2.45) is 0 Å². The molecule has 1 aliphatic heterocycles. The molecule has 1 saturated heterocycles. The van der Waals surface area contributed by atoms with Gasteiger partial charge in [-0.15, -0.1) is 0 Å². The average molecular weight is 509 g/mol. The molecule has 1 unspecified atom stereocenters. The van der Waals surface area contributed by atoms with E-state index in [0.717, 1.165) is 19.5 Å². The predicted octanol–water partition coefficient (Wildman–Crippen LogP) is -0.662. The van der Waals surface area contributed by atoms with E-state index in [1.165, 1.54) is 0 Å². The average Bonchev–Trinajstić information content (AvgIpc) is 1.86. The number of rotatable bonds is 0. The Labute approximate surface area is 87.4 Å². The SMILES string of the molecule is OC1CCNC1.[U].[W]. The quantitative estimate of drug-likeness (QED) is 0.455. The Morgan fingerprint density at radius 2 is 2.12 bits per heavy atom. The Morgan fingerprint density at radius 3 is 2.25 bits per heavy atom. The van der Waals surface area contributed by atoms with Gasteiger partial charge in [-0.3, -0.25) is 0 Å². The van der Waals surface area contributed by atoms with Crippen LogP contribution in [0.2, 0.25) is 0 Å². The Kier molecular flexibility index (Phi) is 10.5. The van der Waals surface area contributed by atoms with Crippen LogP contribution in [0.15, 0.2) is 0 Å². The van der Waals surface area contributed by atoms with Gasteiger partial charge in [0.2, 0.25) is 0 Å². The second-order valence-corrected chi connectivity index (χ2v) is 1.65. The van der Waals surface area contributed by atoms with Crippen molar-refractivity contribution in [3.8, 4) is 0 Å². The van der Waals surface area contributed by atoms with Gasteiger partial charge in [0.1, 0.15) is 0 Å². The van der Waals surface area contributed by atoms with E-state index in [-0.39, 0.29) is 58.3 Å². The van der Waals surface area contributed by atoms with Crippen molar-refractivity contribution < 1.29 is 57.3 Å². The van der Waals surface area contributed by atoms with Gasteiger partial charge in [0.15, 0.2) is 0 Å². The van der Waals surface area contributed by atoms with Crippen LogP contribution in [0.5, 0.6) is 0 Å². The van der Waals surface area contributed by atoms with Crippen LogP contribution in [0.1, 0.15) is 6.42 Å². The zero-order valence-electron chi connectivity index (χ0n) is 4.55. The van der Waals surface area contributed by atoms with Gasteiger partial charge in [-0.2, -0.15) is 0 Å². The maximum absolute atomic E-state index is 8.67. The van der Waals surface area contributed by atoms with E-state index in [4.69, 9.17) is 5.11 Å². The summed E-state index contributed by atoms with van der Waals surface area (Å²) < 4.78 is 0. The van der Waals surface area contributed by atoms with Crippen LogP contribution in [0.3, 0.4) is 0 Å². The van der Waals surface area contributed by atoms with E-state index in [2.05, 4.69) is 5.32 Å². The zero-order valence-corrected chi connectivity index (χ0v) is 11.7. The molecule has 0 amide bonds. The number of nitrogens with one attached hydrogen (secondary N) is 1. The van der Waals surface area contributed by atoms with Crippen LogP contribution >= 0.6 is 0 Å². The van der Waals surface area contributed by atoms with Crippen molar-refractivity contribution in [2.45, 2.75) is 12.5 Å². The van der Waals surface area contributed by atoms with Gasteiger partial charge >= 0.3 is 0 Å². The maximum Gasteiger partial charge on any atom is 0.0676 e. The fraction of sp³-hybridized carbons (Fsp3) is 1.00. The smallest absolute Gasteiger partial charge is 0.0676 e. The second-order valence-electron chi connectivity index (χ2n) is 1.65. The van der Waals surface area contributed by atoms with Crippen molar-refractivity contribution in [3.05, 3.63) is 0 Å². The standard InChI is InChI=1S/C4H9NO.U.W/c6-4-1-2-5-3-4;;/h4-6H,1-3H2;;. The van der Waals surface area contributed by atoms with E-state index in [1.807, 2.05) is 0 Å². The first-order valence-electron chi connectivity index (χ1n) is 2.28. The van der Waals surface area contributed by atoms with Gasteiger partial charge in [-0.25, -0.2) is 0 Å². The van der Waals surface area contributed by atoms with E-state index < -0.39 is 0 Å². The first-order valence-corrected chi connectivity index (χ1v) is 2.28. The number of aliphatic hydroxyl groups is 1. The molecule has 1 rings (SSSR count). The molecule has 2 nitrogen and oxygen atoms in total. The molecule has 46 valence electrons. The van der Waals surface area contributed by atoms with Crippen molar-refractivity contribution in [1.82, 2.24) is 5.32 Å². The number of hydrogen-bond acceptors (Lipinski definition) is 2. The topological polar surface area (TPSA) is 32.3 Å². The molecular weight excluding hydrogens is 500 g/mol. The minimum absolute atomic E-state index is 0. The number of hydrogen-bond donors (Lipinski definition) is 2. The molecule has 1 atom stereocenters. The molecule has 4 heteroatoms. The molecule has 1 aliphatic rings. The Hall–Kier alpha value is 1.66. The van der Waals surface area contributed by atoms with Gasteiger partial charge < -0.3 is 10.4 Å². The minimum Gasteiger partial charge on any atom is -0.392 e. The van der Waals surface area contributed by atoms with Crippen LogP contribution in [0.4, 0.5) is 0 Å². The van der Waals surface area contributed by atoms with Crippen molar-refractivity contribution in [3.63, 3.8) is 0 Å². The Bertz CT molecular complexity index is 49.3. The van der Waals surface area contributed by atoms with E-state index in [0.29, 0.717) is 0 Å². The van der Waals surface area contributed by atoms with Crippen LogP contribution in [-0.4, -0.2) is 24.3 Å². The molecular formula is C4H9NOUW. The summed E-state index contributed by atoms with van der Waals surface area (Å²) in [6.45, 7) is 1.78. The molecule has 0 aromatic heterocycles. The molecule has 1 heterocycles. The van der Waals surface area contributed by atoms with E-state index >= 15 is 0 Å². The molecule has 0 aromatic carbocycles. The van der Waals surface area contributed by atoms with Crippen LogP contribution in [0.25, 0.3) is 0 Å². The van der Waals surface area contributed by atoms with Crippen molar-refractivity contribution >= 4 is 0 Å². The number of aliphatic hydroxyl groups excluding tert-OH is 1. The molecule has 2 N–H and O–H groups in total. The summed E-state index contributed by atoms with van der Waals surface area (Å²) in [5.41, 5.74) is 0. The van der Waals surface area contributed by atoms with Crippen LogP contribution in [-0.2, 0) is 21.1 Å². The maximum atomic E-state index is 8.67. The van der Waals surface area contributed by atoms with E-state index in [9.17, 15) is 0 Å². The Balaban J connectivity index is 0. The van der Waals surface area contributed by atoms with Gasteiger partial charge in [0.05, 0.1) is 6.10 Å². The van der Waals surface area contributed by atoms with E-state index in [1.54, 1.807) is 0 Å². The van der Waals surface area contributed by atoms with Crippen LogP contribution < -0.4 is 5.32 Å². The molecule has 0 aromatic rings. The fourth-order valence-electron chi connectivity index (χ4n) is 0.639. The summed E-state index contributed by atoms with van der Waals surface area (Å²) >= 11 is 0. The third-order valence-electron chi connectivity index (χ3n) is 1.03. The first kappa shape index (κ1) is 12.3. The van der Waals surface area contributed by atoms with Gasteiger partial charge in [-0.1, -0.05) is 0 Å². The Morgan fingerprint density at radius 1 is 1.50 bits per heavy atom. The molecule has 0 spiro atoms. The zero-order chi connectivity index (χ0) is 4.41. The van der Waals surface area contributed by atoms with Gasteiger partial charge in [0.25, 0.3) is 0 Å². The van der Waals surface area contributed by atoms with Crippen LogP contribution in [0, 0.1) is 31.1 Å². The normalized spacial score (nSPS) is 25.9. The molecule has 1 fully saturated rings. The monoisotopic (exact) mass is 509 g/mol. The predicted molar refractivity (Wildman–Crippen MR) is 23.5 cm³/mol. The molecule has 0 saturated carbocycles. The fourth-order valence-corrected chi connectivity index (χ4v) is 0.639. The largest absolute Gasteiger partial charge is 0.392 e. The summed E-state index contributed by atoms with van der Waals surface area (Å²) in [6.07, 6.45) is 0.866. The summed E-state index contributed by atoms with van der Waals surface area (Å²) in [6, 6.07) is 0. The van der Waals surface area contributed by atoms with Crippen molar-refractivity contribution in [2.75, 3.05) is 13.1 Å². The minimum atomic E-state index is -0.0648. The molecule has 0 radical (unpaired) electrons. The third kappa shape index (κ3) is 4.53. The second kappa shape index (κ2) is 6.78. The van der Waals surface area contributed by atoms with Crippen molar-refractivity contribution in [1.29, 1.82) is 0 Å². The first-order chi connectivity index (χ1) is 2.89. The van der Waals surface area contributed by atoms with Gasteiger partial charge in [-0.05, 0) is 13.0 Å².